The minimum atomic E-state index is 0.139. The lowest BCUT2D eigenvalue weighted by Gasteiger charge is -2.36. The summed E-state index contributed by atoms with van der Waals surface area (Å²) in [7, 11) is 4.24. The molecule has 0 atom stereocenters. The largest absolute Gasteiger partial charge is 0.374 e. The number of nitrogens with zero attached hydrogens (tertiary/aromatic N) is 4. The molecule has 0 N–H and O–H groups in total. The van der Waals surface area contributed by atoms with Crippen LogP contribution >= 0.6 is 0 Å². The zero-order chi connectivity index (χ0) is 18.1. The third-order valence-electron chi connectivity index (χ3n) is 6.14. The first-order valence-electron chi connectivity index (χ1n) is 10.1. The Hall–Kier alpha value is -0.940. The number of rotatable bonds is 6. The molecule has 1 aliphatic heterocycles. The van der Waals surface area contributed by atoms with Gasteiger partial charge in [-0.2, -0.15) is 0 Å². The van der Waals surface area contributed by atoms with Crippen LogP contribution in [-0.4, -0.2) is 45.7 Å². The molecule has 2 fully saturated rings. The number of unbranched alkanes of at least 4 members (excludes halogenated alkanes) is 1. The molecule has 1 aromatic heterocycles. The van der Waals surface area contributed by atoms with Crippen LogP contribution in [0.1, 0.15) is 83.0 Å². The Morgan fingerprint density at radius 1 is 1.28 bits per heavy atom. The Kier molecular flexibility index (Phi) is 5.54. The number of hydrogen-bond acceptors (Lipinski definition) is 4. The van der Waals surface area contributed by atoms with Crippen molar-refractivity contribution in [3.8, 4) is 0 Å². The molecule has 1 aliphatic carbocycles. The van der Waals surface area contributed by atoms with Gasteiger partial charge < -0.3 is 9.64 Å². The van der Waals surface area contributed by atoms with E-state index in [1.54, 1.807) is 0 Å². The SMILES string of the molecule is CCCCN(C)Cc1c(C2CCC3(CC2)CC(C)(C)CO3)nnn1C. The minimum absolute atomic E-state index is 0.139. The number of aryl methyl sites for hydroxylation is 1. The maximum atomic E-state index is 6.28. The van der Waals surface area contributed by atoms with Crippen LogP contribution in [0.4, 0.5) is 0 Å². The third kappa shape index (κ3) is 4.25. The molecule has 2 heterocycles. The van der Waals surface area contributed by atoms with Gasteiger partial charge in [0, 0.05) is 19.5 Å². The summed E-state index contributed by atoms with van der Waals surface area (Å²) in [4.78, 5) is 2.40. The van der Waals surface area contributed by atoms with Gasteiger partial charge in [-0.25, -0.2) is 0 Å². The summed E-state index contributed by atoms with van der Waals surface area (Å²) in [6.07, 6.45) is 8.39. The maximum absolute atomic E-state index is 6.28. The van der Waals surface area contributed by atoms with Crippen molar-refractivity contribution in [1.29, 1.82) is 0 Å². The van der Waals surface area contributed by atoms with Gasteiger partial charge in [0.05, 0.1) is 23.6 Å². The zero-order valence-corrected chi connectivity index (χ0v) is 16.8. The van der Waals surface area contributed by atoms with Crippen molar-refractivity contribution in [2.24, 2.45) is 12.5 Å². The van der Waals surface area contributed by atoms with Gasteiger partial charge in [0.15, 0.2) is 0 Å². The molecular weight excluding hydrogens is 312 g/mol. The Balaban J connectivity index is 1.64. The first-order valence-corrected chi connectivity index (χ1v) is 10.1. The fourth-order valence-corrected chi connectivity index (χ4v) is 4.72. The summed E-state index contributed by atoms with van der Waals surface area (Å²) in [5.41, 5.74) is 3.01. The van der Waals surface area contributed by atoms with E-state index in [1.165, 1.54) is 56.3 Å². The van der Waals surface area contributed by atoms with Gasteiger partial charge in [0.2, 0.25) is 0 Å². The van der Waals surface area contributed by atoms with Crippen LogP contribution in [0.15, 0.2) is 0 Å². The molecule has 0 bridgehead atoms. The highest BCUT2D eigenvalue weighted by Gasteiger charge is 2.46. The van der Waals surface area contributed by atoms with Crippen LogP contribution in [0.5, 0.6) is 0 Å². The van der Waals surface area contributed by atoms with Crippen molar-refractivity contribution in [3.63, 3.8) is 0 Å². The topological polar surface area (TPSA) is 43.2 Å². The molecule has 0 radical (unpaired) electrons. The fraction of sp³-hybridized carbons (Fsp3) is 0.900. The van der Waals surface area contributed by atoms with Gasteiger partial charge in [-0.05, 0) is 57.5 Å². The first-order chi connectivity index (χ1) is 11.8. The molecule has 5 heteroatoms. The van der Waals surface area contributed by atoms with Gasteiger partial charge >= 0.3 is 0 Å². The summed E-state index contributed by atoms with van der Waals surface area (Å²) in [6, 6.07) is 0. The summed E-state index contributed by atoms with van der Waals surface area (Å²) in [6.45, 7) is 9.91. The lowest BCUT2D eigenvalue weighted by atomic mass is 9.72. The highest BCUT2D eigenvalue weighted by atomic mass is 16.5. The predicted molar refractivity (Wildman–Crippen MR) is 101 cm³/mol. The van der Waals surface area contributed by atoms with E-state index >= 15 is 0 Å². The van der Waals surface area contributed by atoms with Gasteiger partial charge in [-0.3, -0.25) is 4.68 Å². The van der Waals surface area contributed by atoms with E-state index < -0.39 is 0 Å². The first kappa shape index (κ1) is 18.8. The molecule has 0 amide bonds. The van der Waals surface area contributed by atoms with E-state index in [9.17, 15) is 0 Å². The Morgan fingerprint density at radius 3 is 2.60 bits per heavy atom. The van der Waals surface area contributed by atoms with Crippen LogP contribution in [-0.2, 0) is 18.3 Å². The summed E-state index contributed by atoms with van der Waals surface area (Å²) in [5.74, 6) is 0.543. The maximum Gasteiger partial charge on any atom is 0.0903 e. The number of aromatic nitrogens is 3. The minimum Gasteiger partial charge on any atom is -0.374 e. The van der Waals surface area contributed by atoms with Gasteiger partial charge in [0.1, 0.15) is 0 Å². The molecule has 25 heavy (non-hydrogen) atoms. The molecule has 0 unspecified atom stereocenters. The summed E-state index contributed by atoms with van der Waals surface area (Å²) >= 11 is 0. The smallest absolute Gasteiger partial charge is 0.0903 e. The highest BCUT2D eigenvalue weighted by Crippen LogP contribution is 2.49. The molecule has 1 aromatic rings. The van der Waals surface area contributed by atoms with Crippen molar-refractivity contribution in [2.45, 2.75) is 83.8 Å². The van der Waals surface area contributed by atoms with E-state index in [1.807, 2.05) is 11.7 Å². The van der Waals surface area contributed by atoms with E-state index in [4.69, 9.17) is 4.74 Å². The molecule has 1 saturated carbocycles. The van der Waals surface area contributed by atoms with E-state index in [-0.39, 0.29) is 5.60 Å². The van der Waals surface area contributed by atoms with E-state index in [0.29, 0.717) is 11.3 Å². The highest BCUT2D eigenvalue weighted by molar-refractivity contribution is 5.17. The van der Waals surface area contributed by atoms with Crippen LogP contribution in [0, 0.1) is 5.41 Å². The molecular formula is C20H36N4O. The standard InChI is InChI=1S/C20H36N4O/c1-6-7-12-23(4)13-17-18(21-22-24(17)5)16-8-10-20(11-9-16)14-19(2,3)15-25-20/h16H,6-15H2,1-5H3. The van der Waals surface area contributed by atoms with E-state index in [0.717, 1.165) is 19.7 Å². The normalized spacial score (nSPS) is 29.0. The van der Waals surface area contributed by atoms with Crippen LogP contribution in [0.2, 0.25) is 0 Å². The Bertz CT molecular complexity index is 572. The molecule has 3 rings (SSSR count). The van der Waals surface area contributed by atoms with Crippen molar-refractivity contribution in [2.75, 3.05) is 20.2 Å². The third-order valence-corrected chi connectivity index (χ3v) is 6.14. The average Bonchev–Trinajstić information content (AvgIpc) is 3.07. The molecule has 1 saturated heterocycles. The number of hydrogen-bond donors (Lipinski definition) is 0. The quantitative estimate of drug-likeness (QED) is 0.782. The van der Waals surface area contributed by atoms with Crippen LogP contribution in [0.3, 0.4) is 0 Å². The van der Waals surface area contributed by atoms with Crippen molar-refractivity contribution >= 4 is 0 Å². The van der Waals surface area contributed by atoms with Crippen molar-refractivity contribution in [1.82, 2.24) is 19.9 Å². The van der Waals surface area contributed by atoms with Crippen LogP contribution in [0.25, 0.3) is 0 Å². The van der Waals surface area contributed by atoms with Crippen molar-refractivity contribution < 1.29 is 4.74 Å². The lowest BCUT2D eigenvalue weighted by Crippen LogP contribution is -2.34. The van der Waals surface area contributed by atoms with Gasteiger partial charge in [-0.1, -0.05) is 32.4 Å². The number of ether oxygens (including phenoxy) is 1. The monoisotopic (exact) mass is 348 g/mol. The zero-order valence-electron chi connectivity index (χ0n) is 16.8. The molecule has 2 aliphatic rings. The molecule has 0 aromatic carbocycles. The van der Waals surface area contributed by atoms with Crippen LogP contribution < -0.4 is 0 Å². The second kappa shape index (κ2) is 7.36. The summed E-state index contributed by atoms with van der Waals surface area (Å²) in [5, 5.41) is 8.91. The lowest BCUT2D eigenvalue weighted by molar-refractivity contribution is -0.0296. The molecule has 142 valence electrons. The van der Waals surface area contributed by atoms with Gasteiger partial charge in [-0.15, -0.1) is 5.10 Å². The van der Waals surface area contributed by atoms with E-state index in [2.05, 4.69) is 43.0 Å². The Morgan fingerprint density at radius 2 is 2.00 bits per heavy atom. The second-order valence-corrected chi connectivity index (χ2v) is 9.22. The average molecular weight is 349 g/mol. The van der Waals surface area contributed by atoms with Crippen molar-refractivity contribution in [3.05, 3.63) is 11.4 Å². The predicted octanol–water partition coefficient (Wildman–Crippen LogP) is 3.89. The van der Waals surface area contributed by atoms with Gasteiger partial charge in [0.25, 0.3) is 0 Å². The Labute approximate surface area is 153 Å². The molecule has 1 spiro atoms. The second-order valence-electron chi connectivity index (χ2n) is 9.22. The summed E-state index contributed by atoms with van der Waals surface area (Å²) < 4.78 is 8.26. The molecule has 5 nitrogen and oxygen atoms in total. The fourth-order valence-electron chi connectivity index (χ4n) is 4.72.